The highest BCUT2D eigenvalue weighted by Crippen LogP contribution is 2.18. The molecule has 0 aliphatic heterocycles. The lowest BCUT2D eigenvalue weighted by Gasteiger charge is -2.29. The van der Waals surface area contributed by atoms with E-state index >= 15 is 0 Å². The molecular formula is C36H71N2O7S+. The van der Waals surface area contributed by atoms with Gasteiger partial charge in [-0.15, -0.1) is 0 Å². The Morgan fingerprint density at radius 3 is 1.72 bits per heavy atom. The first-order chi connectivity index (χ1) is 21.9. The minimum absolute atomic E-state index is 0.0230. The first kappa shape index (κ1) is 44.5. The average molecular weight is 676 g/mol. The van der Waals surface area contributed by atoms with E-state index in [-0.39, 0.29) is 24.1 Å². The van der Waals surface area contributed by atoms with Gasteiger partial charge in [0.1, 0.15) is 11.7 Å². The summed E-state index contributed by atoms with van der Waals surface area (Å²) in [6.45, 7) is 6.56. The Hall–Kier alpha value is -1.52. The fourth-order valence-corrected chi connectivity index (χ4v) is 6.39. The van der Waals surface area contributed by atoms with Gasteiger partial charge in [0.05, 0.1) is 39.5 Å². The molecule has 0 heterocycles. The highest BCUT2D eigenvalue weighted by molar-refractivity contribution is 7.85. The predicted octanol–water partition coefficient (Wildman–Crippen LogP) is 7.81. The number of nitrogens with zero attached hydrogens (tertiary/aromatic N) is 1. The highest BCUT2D eigenvalue weighted by Gasteiger charge is 2.26. The summed E-state index contributed by atoms with van der Waals surface area (Å²) in [5, 5.41) is 2.99. The Balaban J connectivity index is 3.99. The lowest BCUT2D eigenvalue weighted by atomic mass is 9.93. The fraction of sp³-hybridized carbons (Fsp3) is 0.917. The minimum Gasteiger partial charge on any atom is -0.465 e. The van der Waals surface area contributed by atoms with E-state index in [1.165, 1.54) is 44.9 Å². The number of carbonyl (C=O) groups is 3. The summed E-state index contributed by atoms with van der Waals surface area (Å²) in [6.07, 6.45) is 23.0. The zero-order valence-electron chi connectivity index (χ0n) is 30.1. The van der Waals surface area contributed by atoms with Crippen LogP contribution in [0.1, 0.15) is 162 Å². The number of esters is 1. The summed E-state index contributed by atoms with van der Waals surface area (Å²) in [7, 11) is 0.310. The molecule has 272 valence electrons. The summed E-state index contributed by atoms with van der Waals surface area (Å²) in [4.78, 5) is 37.5. The molecule has 46 heavy (non-hydrogen) atoms. The number of quaternary nitrogens is 1. The highest BCUT2D eigenvalue weighted by atomic mass is 32.2. The van der Waals surface area contributed by atoms with Gasteiger partial charge in [0, 0.05) is 25.8 Å². The van der Waals surface area contributed by atoms with Gasteiger partial charge in [-0.25, -0.2) is 0 Å². The number of ether oxygens (including phenoxy) is 1. The molecule has 0 unspecified atom stereocenters. The number of hydrogen-bond donors (Lipinski definition) is 2. The maximum Gasteiger partial charge on any atom is 0.316 e. The van der Waals surface area contributed by atoms with Crippen LogP contribution in [0.25, 0.3) is 0 Å². The number of carbonyl (C=O) groups excluding carboxylic acids is 3. The number of ketones is 1. The van der Waals surface area contributed by atoms with Crippen LogP contribution in [-0.4, -0.2) is 81.2 Å². The van der Waals surface area contributed by atoms with Crippen molar-refractivity contribution in [3.63, 3.8) is 0 Å². The molecule has 0 aromatic heterocycles. The van der Waals surface area contributed by atoms with E-state index in [2.05, 4.69) is 26.3 Å². The van der Waals surface area contributed by atoms with E-state index in [0.29, 0.717) is 38.6 Å². The first-order valence-corrected chi connectivity index (χ1v) is 20.3. The molecule has 9 nitrogen and oxygen atoms in total. The third-order valence-corrected chi connectivity index (χ3v) is 9.62. The number of rotatable bonds is 33. The van der Waals surface area contributed by atoms with Crippen molar-refractivity contribution in [3.05, 3.63) is 0 Å². The molecule has 0 saturated heterocycles. The van der Waals surface area contributed by atoms with Gasteiger partial charge < -0.3 is 14.5 Å². The SMILES string of the molecule is CCCCCCCCCCCC(=O)NCCCC[C@@H](C(=O)CCCCCCCCCC[N+](C)(C)CCCS(=O)(=O)O)C(=O)OCC. The van der Waals surface area contributed by atoms with Gasteiger partial charge >= 0.3 is 5.97 Å². The minimum atomic E-state index is -3.88. The van der Waals surface area contributed by atoms with Crippen molar-refractivity contribution in [1.29, 1.82) is 0 Å². The maximum atomic E-state index is 12.9. The predicted molar refractivity (Wildman–Crippen MR) is 188 cm³/mol. The van der Waals surface area contributed by atoms with E-state index in [1.54, 1.807) is 6.92 Å². The molecule has 0 spiro atoms. The van der Waals surface area contributed by atoms with Gasteiger partial charge in [0.2, 0.25) is 5.91 Å². The first-order valence-electron chi connectivity index (χ1n) is 18.6. The Morgan fingerprint density at radius 2 is 1.17 bits per heavy atom. The van der Waals surface area contributed by atoms with Gasteiger partial charge in [0.15, 0.2) is 0 Å². The molecule has 0 aliphatic carbocycles. The van der Waals surface area contributed by atoms with Gasteiger partial charge in [-0.05, 0) is 45.4 Å². The fourth-order valence-electron chi connectivity index (χ4n) is 5.90. The number of Topliss-reactive ketones (excluding diaryl/α,β-unsaturated/α-hetero) is 1. The summed E-state index contributed by atoms with van der Waals surface area (Å²) in [5.41, 5.74) is 0. The zero-order chi connectivity index (χ0) is 34.5. The summed E-state index contributed by atoms with van der Waals surface area (Å²) in [5.74, 6) is -1.22. The van der Waals surface area contributed by atoms with Crippen LogP contribution >= 0.6 is 0 Å². The normalized spacial score (nSPS) is 12.6. The summed E-state index contributed by atoms with van der Waals surface area (Å²) >= 11 is 0. The van der Waals surface area contributed by atoms with Gasteiger partial charge in [-0.2, -0.15) is 8.42 Å². The van der Waals surface area contributed by atoms with Crippen LogP contribution in [0.15, 0.2) is 0 Å². The molecule has 0 fully saturated rings. The van der Waals surface area contributed by atoms with E-state index in [9.17, 15) is 22.8 Å². The standard InChI is InChI=1S/C36H70N2O7S/c1-5-7-8-9-10-11-15-18-21-28-35(40)37-29-23-22-26-33(36(41)45-6-2)34(39)27-20-17-14-12-13-16-19-24-30-38(3,4)31-25-32-46(42,43)44/h33H,5-32H2,1-4H3,(H-,37,40,42,43,44)/p+1/t33-/m0/s1. The van der Waals surface area contributed by atoms with Crippen molar-refractivity contribution in [2.75, 3.05) is 46.1 Å². The molecule has 10 heteroatoms. The molecule has 1 atom stereocenters. The van der Waals surface area contributed by atoms with Crippen molar-refractivity contribution >= 4 is 27.8 Å². The molecule has 0 aliphatic rings. The quantitative estimate of drug-likeness (QED) is 0.0239. The molecule has 0 aromatic rings. The zero-order valence-corrected chi connectivity index (χ0v) is 30.9. The largest absolute Gasteiger partial charge is 0.465 e. The van der Waals surface area contributed by atoms with Crippen LogP contribution < -0.4 is 5.32 Å². The number of amides is 1. The Bertz CT molecular complexity index is 893. The van der Waals surface area contributed by atoms with Crippen LogP contribution in [0.5, 0.6) is 0 Å². The smallest absolute Gasteiger partial charge is 0.316 e. The van der Waals surface area contributed by atoms with E-state index in [4.69, 9.17) is 9.29 Å². The van der Waals surface area contributed by atoms with Gasteiger partial charge in [-0.1, -0.05) is 96.8 Å². The topological polar surface area (TPSA) is 127 Å². The van der Waals surface area contributed by atoms with E-state index < -0.39 is 22.0 Å². The van der Waals surface area contributed by atoms with E-state index in [1.807, 2.05) is 0 Å². The third kappa shape index (κ3) is 28.7. The monoisotopic (exact) mass is 675 g/mol. The van der Waals surface area contributed by atoms with Crippen molar-refractivity contribution in [2.45, 2.75) is 162 Å². The maximum absolute atomic E-state index is 12.9. The molecule has 0 radical (unpaired) electrons. The molecule has 0 aromatic carbocycles. The Morgan fingerprint density at radius 1 is 0.674 bits per heavy atom. The van der Waals surface area contributed by atoms with Crippen molar-refractivity contribution in [3.8, 4) is 0 Å². The molecule has 0 saturated carbocycles. The molecular weight excluding hydrogens is 604 g/mol. The van der Waals surface area contributed by atoms with E-state index in [0.717, 1.165) is 88.2 Å². The number of unbranched alkanes of at least 4 members (excludes halogenated alkanes) is 16. The Labute approximate surface area is 282 Å². The van der Waals surface area contributed by atoms with Crippen LogP contribution in [0, 0.1) is 5.92 Å². The van der Waals surface area contributed by atoms with Gasteiger partial charge in [-0.3, -0.25) is 18.9 Å². The molecule has 0 rings (SSSR count). The second kappa shape index (κ2) is 28.5. The van der Waals surface area contributed by atoms with Crippen molar-refractivity contribution in [1.82, 2.24) is 5.32 Å². The molecule has 0 bridgehead atoms. The van der Waals surface area contributed by atoms with Crippen LogP contribution in [0.3, 0.4) is 0 Å². The Kier molecular flexibility index (Phi) is 27.5. The second-order valence-electron chi connectivity index (χ2n) is 13.8. The summed E-state index contributed by atoms with van der Waals surface area (Å²) in [6, 6.07) is 0. The molecule has 2 N–H and O–H groups in total. The summed E-state index contributed by atoms with van der Waals surface area (Å²) < 4.78 is 36.6. The van der Waals surface area contributed by atoms with Crippen LogP contribution in [0.4, 0.5) is 0 Å². The lowest BCUT2D eigenvalue weighted by molar-refractivity contribution is -0.890. The lowest BCUT2D eigenvalue weighted by Crippen LogP contribution is -2.41. The number of nitrogens with one attached hydrogen (secondary N) is 1. The third-order valence-electron chi connectivity index (χ3n) is 8.81. The van der Waals surface area contributed by atoms with Crippen molar-refractivity contribution < 1.29 is 36.6 Å². The number of hydrogen-bond acceptors (Lipinski definition) is 6. The van der Waals surface area contributed by atoms with Gasteiger partial charge in [0.25, 0.3) is 10.1 Å². The van der Waals surface area contributed by atoms with Crippen LogP contribution in [0.2, 0.25) is 0 Å². The average Bonchev–Trinajstić information content (AvgIpc) is 2.98. The van der Waals surface area contributed by atoms with Crippen LogP contribution in [-0.2, 0) is 29.2 Å². The molecule has 1 amide bonds. The second-order valence-corrected chi connectivity index (χ2v) is 15.4. The van der Waals surface area contributed by atoms with Crippen molar-refractivity contribution in [2.24, 2.45) is 5.92 Å².